The Hall–Kier alpha value is -1.79. The van der Waals surface area contributed by atoms with Crippen molar-refractivity contribution < 1.29 is 28.2 Å². The van der Waals surface area contributed by atoms with Crippen LogP contribution < -0.4 is 5.32 Å². The molecular formula is C21H38FNO5. The fourth-order valence-corrected chi connectivity index (χ4v) is 2.40. The van der Waals surface area contributed by atoms with Crippen LogP contribution >= 0.6 is 0 Å². The Kier molecular flexibility index (Phi) is 13.3. The van der Waals surface area contributed by atoms with Crippen LogP contribution in [0.1, 0.15) is 79.1 Å². The maximum Gasteiger partial charge on any atom is 0.408 e. The summed E-state index contributed by atoms with van der Waals surface area (Å²) in [6.07, 6.45) is 6.66. The van der Waals surface area contributed by atoms with E-state index in [2.05, 4.69) is 12.2 Å². The molecule has 28 heavy (non-hydrogen) atoms. The monoisotopic (exact) mass is 403 g/mol. The molecule has 7 heteroatoms. The van der Waals surface area contributed by atoms with E-state index < -0.39 is 23.7 Å². The van der Waals surface area contributed by atoms with Gasteiger partial charge in [0.1, 0.15) is 11.6 Å². The summed E-state index contributed by atoms with van der Waals surface area (Å²) in [4.78, 5) is 23.5. The zero-order valence-corrected chi connectivity index (χ0v) is 18.4. The van der Waals surface area contributed by atoms with Crippen LogP contribution in [0.2, 0.25) is 0 Å². The molecule has 6 nitrogen and oxygen atoms in total. The molecule has 164 valence electrons. The van der Waals surface area contributed by atoms with E-state index in [9.17, 15) is 14.0 Å². The lowest BCUT2D eigenvalue weighted by Crippen LogP contribution is -2.44. The summed E-state index contributed by atoms with van der Waals surface area (Å²) >= 11 is 0. The Morgan fingerprint density at radius 2 is 1.75 bits per heavy atom. The molecule has 1 atom stereocenters. The van der Waals surface area contributed by atoms with Crippen molar-refractivity contribution in [2.45, 2.75) is 90.7 Å². The van der Waals surface area contributed by atoms with E-state index in [1.807, 2.05) is 0 Å². The SMILES string of the molecule is CCCCCCF.COC(=O)C(CCC(OC)=C1CC1)NC(=O)OC(C)(C)C. The Morgan fingerprint density at radius 3 is 2.18 bits per heavy atom. The Labute approximate surface area is 169 Å². The van der Waals surface area contributed by atoms with Crippen molar-refractivity contribution in [2.24, 2.45) is 0 Å². The molecule has 0 aromatic carbocycles. The van der Waals surface area contributed by atoms with Crippen LogP contribution in [-0.4, -0.2) is 44.6 Å². The standard InChI is InChI=1S/C15H25NO5.C6H13F/c1-15(2,3)21-14(18)16-11(13(17)20-5)8-9-12(19-4)10-6-7-10;1-2-3-4-5-6-7/h11H,6-9H2,1-5H3,(H,16,18);2-6H2,1H3. The van der Waals surface area contributed by atoms with Crippen LogP contribution in [-0.2, 0) is 19.0 Å². The topological polar surface area (TPSA) is 73.9 Å². The lowest BCUT2D eigenvalue weighted by molar-refractivity contribution is -0.143. The number of halogens is 1. The van der Waals surface area contributed by atoms with Crippen LogP contribution in [0, 0.1) is 0 Å². The fraction of sp³-hybridized carbons (Fsp3) is 0.810. The molecule has 0 heterocycles. The Balaban J connectivity index is 0.000000887. The van der Waals surface area contributed by atoms with E-state index in [0.717, 1.165) is 31.4 Å². The molecular weight excluding hydrogens is 365 g/mol. The van der Waals surface area contributed by atoms with Crippen molar-refractivity contribution >= 4 is 12.1 Å². The van der Waals surface area contributed by atoms with Crippen molar-refractivity contribution in [3.8, 4) is 0 Å². The highest BCUT2D eigenvalue weighted by molar-refractivity contribution is 5.81. The first-order chi connectivity index (χ1) is 13.2. The average Bonchev–Trinajstić information content (AvgIpc) is 3.45. The third-order valence-electron chi connectivity index (χ3n) is 3.96. The molecule has 1 aliphatic carbocycles. The number of hydrogen-bond donors (Lipinski definition) is 1. The van der Waals surface area contributed by atoms with Gasteiger partial charge in [-0.3, -0.25) is 4.39 Å². The van der Waals surface area contributed by atoms with Crippen molar-refractivity contribution in [3.05, 3.63) is 11.3 Å². The van der Waals surface area contributed by atoms with Gasteiger partial charge in [0.15, 0.2) is 0 Å². The van der Waals surface area contributed by atoms with Gasteiger partial charge in [-0.2, -0.15) is 0 Å². The molecule has 1 saturated carbocycles. The second-order valence-corrected chi connectivity index (χ2v) is 7.74. The van der Waals surface area contributed by atoms with Crippen molar-refractivity contribution in [2.75, 3.05) is 20.9 Å². The largest absolute Gasteiger partial charge is 0.501 e. The lowest BCUT2D eigenvalue weighted by atomic mass is 10.1. The summed E-state index contributed by atoms with van der Waals surface area (Å²) in [5, 5.41) is 2.55. The molecule has 0 bridgehead atoms. The number of alkyl halides is 1. The van der Waals surface area contributed by atoms with E-state index in [1.54, 1.807) is 27.9 Å². The van der Waals surface area contributed by atoms with Crippen LogP contribution in [0.4, 0.5) is 9.18 Å². The zero-order chi connectivity index (χ0) is 21.6. The lowest BCUT2D eigenvalue weighted by Gasteiger charge is -2.22. The second kappa shape index (κ2) is 14.2. The Bertz CT molecular complexity index is 490. The molecule has 0 spiro atoms. The fourth-order valence-electron chi connectivity index (χ4n) is 2.40. The van der Waals surface area contributed by atoms with Crippen LogP contribution in [0.25, 0.3) is 0 Å². The highest BCUT2D eigenvalue weighted by Crippen LogP contribution is 2.33. The molecule has 0 radical (unpaired) electrons. The number of rotatable bonds is 10. The normalized spacial score (nSPS) is 13.6. The summed E-state index contributed by atoms with van der Waals surface area (Å²) in [5.74, 6) is 0.409. The number of hydrogen-bond acceptors (Lipinski definition) is 5. The number of methoxy groups -OCH3 is 2. The smallest absolute Gasteiger partial charge is 0.408 e. The number of unbranched alkanes of at least 4 members (excludes halogenated alkanes) is 3. The molecule has 0 aromatic rings. The zero-order valence-electron chi connectivity index (χ0n) is 18.4. The summed E-state index contributed by atoms with van der Waals surface area (Å²) in [5.41, 5.74) is 0.664. The quantitative estimate of drug-likeness (QED) is 0.313. The van der Waals surface area contributed by atoms with Gasteiger partial charge < -0.3 is 19.5 Å². The minimum atomic E-state index is -0.741. The van der Waals surface area contributed by atoms with Gasteiger partial charge in [-0.25, -0.2) is 9.59 Å². The minimum absolute atomic E-state index is 0.139. The summed E-state index contributed by atoms with van der Waals surface area (Å²) in [7, 11) is 2.91. The van der Waals surface area contributed by atoms with Crippen molar-refractivity contribution in [3.63, 3.8) is 0 Å². The van der Waals surface area contributed by atoms with Gasteiger partial charge >= 0.3 is 12.1 Å². The summed E-state index contributed by atoms with van der Waals surface area (Å²) in [6.45, 7) is 7.28. The van der Waals surface area contributed by atoms with Crippen molar-refractivity contribution in [1.82, 2.24) is 5.32 Å². The predicted octanol–water partition coefficient (Wildman–Crippen LogP) is 5.06. The molecule has 1 unspecified atom stereocenters. The first kappa shape index (κ1) is 26.2. The minimum Gasteiger partial charge on any atom is -0.501 e. The van der Waals surface area contributed by atoms with Gasteiger partial charge in [0, 0.05) is 6.42 Å². The van der Waals surface area contributed by atoms with Gasteiger partial charge in [-0.05, 0) is 52.0 Å². The third-order valence-corrected chi connectivity index (χ3v) is 3.96. The first-order valence-electron chi connectivity index (χ1n) is 10.1. The number of amides is 1. The molecule has 1 N–H and O–H groups in total. The van der Waals surface area contributed by atoms with Crippen molar-refractivity contribution in [1.29, 1.82) is 0 Å². The van der Waals surface area contributed by atoms with Gasteiger partial charge in [0.25, 0.3) is 0 Å². The van der Waals surface area contributed by atoms with E-state index in [0.29, 0.717) is 12.8 Å². The number of carbonyl (C=O) groups excluding carboxylic acids is 2. The van der Waals surface area contributed by atoms with E-state index in [1.165, 1.54) is 25.5 Å². The molecule has 1 rings (SSSR count). The van der Waals surface area contributed by atoms with E-state index in [4.69, 9.17) is 14.2 Å². The second-order valence-electron chi connectivity index (χ2n) is 7.74. The molecule has 0 aromatic heterocycles. The predicted molar refractivity (Wildman–Crippen MR) is 108 cm³/mol. The highest BCUT2D eigenvalue weighted by atomic mass is 19.1. The molecule has 1 amide bonds. The summed E-state index contributed by atoms with van der Waals surface area (Å²) < 4.78 is 26.5. The van der Waals surface area contributed by atoms with E-state index >= 15 is 0 Å². The van der Waals surface area contributed by atoms with Gasteiger partial charge in [-0.15, -0.1) is 0 Å². The van der Waals surface area contributed by atoms with Gasteiger partial charge in [0.05, 0.1) is 26.7 Å². The number of allylic oxidation sites excluding steroid dienone is 2. The third kappa shape index (κ3) is 13.4. The molecule has 0 aliphatic heterocycles. The maximum atomic E-state index is 11.8. The van der Waals surface area contributed by atoms with Crippen LogP contribution in [0.5, 0.6) is 0 Å². The van der Waals surface area contributed by atoms with E-state index in [-0.39, 0.29) is 6.67 Å². The van der Waals surface area contributed by atoms with Gasteiger partial charge in [0.2, 0.25) is 0 Å². The molecule has 1 aliphatic rings. The first-order valence-corrected chi connectivity index (χ1v) is 10.1. The number of carbonyl (C=O) groups is 2. The maximum absolute atomic E-state index is 11.8. The summed E-state index contributed by atoms with van der Waals surface area (Å²) in [6, 6.07) is -0.741. The van der Waals surface area contributed by atoms with Crippen LogP contribution in [0.3, 0.4) is 0 Å². The van der Waals surface area contributed by atoms with Gasteiger partial charge in [-0.1, -0.05) is 26.2 Å². The number of alkyl carbamates (subject to hydrolysis) is 1. The number of ether oxygens (including phenoxy) is 3. The van der Waals surface area contributed by atoms with Crippen LogP contribution in [0.15, 0.2) is 11.3 Å². The number of nitrogens with one attached hydrogen (secondary N) is 1. The molecule has 0 saturated heterocycles. The average molecular weight is 404 g/mol. The highest BCUT2D eigenvalue weighted by Gasteiger charge is 2.26. The molecule has 1 fully saturated rings. The number of esters is 1. The Morgan fingerprint density at radius 1 is 1.11 bits per heavy atom.